The summed E-state index contributed by atoms with van der Waals surface area (Å²) >= 11 is 0. The Kier molecular flexibility index (Phi) is 9.13. The van der Waals surface area contributed by atoms with Crippen LogP contribution < -0.4 is 52.1 Å². The molecule has 2 aromatic heterocycles. The minimum atomic E-state index is -1.54. The predicted molar refractivity (Wildman–Crippen MR) is 431 cm³/mol. The van der Waals surface area contributed by atoms with Gasteiger partial charge < -0.3 is 28.3 Å². The number of rotatable bonds is 9. The van der Waals surface area contributed by atoms with Crippen LogP contribution in [-0.2, 0) is 0 Å². The van der Waals surface area contributed by atoms with Crippen LogP contribution >= 0.6 is 0 Å². The molecule has 0 amide bonds. The summed E-state index contributed by atoms with van der Waals surface area (Å²) in [7, 11) is 0. The summed E-state index contributed by atoms with van der Waals surface area (Å²) in [5.74, 6) is -0.468. The number of aromatic nitrogens is 1. The number of para-hydroxylation sites is 5. The van der Waals surface area contributed by atoms with E-state index in [0.717, 1.165) is 21.9 Å². The molecule has 18 aromatic rings. The Morgan fingerprint density at radius 2 is 0.837 bits per heavy atom. The molecule has 104 heavy (non-hydrogen) atoms. The molecule has 6 nitrogen and oxygen atoms in total. The fraction of sp³-hybridized carbons (Fsp3) is 0. The van der Waals surface area contributed by atoms with Gasteiger partial charge in [-0.25, -0.2) is 0 Å². The first-order chi connectivity index (χ1) is 58.7. The average molecular weight is 1340 g/mol. The Morgan fingerprint density at radius 3 is 1.48 bits per heavy atom. The fourth-order valence-corrected chi connectivity index (χ4v) is 17.0. The third-order valence-corrected chi connectivity index (χ3v) is 21.2. The molecular weight excluding hydrogens is 1260 g/mol. The summed E-state index contributed by atoms with van der Waals surface area (Å²) in [5.41, 5.74) is 9.72. The van der Waals surface area contributed by atoms with Gasteiger partial charge in [0.25, 0.3) is 13.4 Å². The molecule has 16 aromatic carbocycles. The van der Waals surface area contributed by atoms with E-state index in [4.69, 9.17) is 15.3 Å². The standard InChI is InChI=1S/C96H57B2N3O3/c1-7-26-58(27-8-1)64-48-50-76-78(52-64)100(92-67(60-30-11-3-12-31-60)40-23-41-68(92)61-32-13-4-14-33-61)79-53-66(71-44-25-45-75-73-39-20-22-47-83(73)103-95(71)75)54-80-87(79)97(76)88-81(101(80)93-69(62-34-15-5-16-35-62)42-24-43-70(93)63-36-17-6-18-37-63)57-82-89-96(88)104-86-56-65(59-28-9-2-10-29-59)55-85-90(86)98(89)91-84(102-85)51-49-74-72-38-19-21-46-77(72)99(82)94(74)91/h1-57H/i1D,7D,8D,19D,21D,26D,27D,38D,46D,48D,49D,50D,51D,52D,55D,56D,57D. The number of nitrogens with zero attached hydrogens (tertiary/aromatic N) is 3. The van der Waals surface area contributed by atoms with Gasteiger partial charge in [-0.1, -0.05) is 285 Å². The molecule has 0 saturated carbocycles. The van der Waals surface area contributed by atoms with Crippen LogP contribution in [0.4, 0.5) is 34.1 Å². The fourth-order valence-electron chi connectivity index (χ4n) is 17.0. The van der Waals surface area contributed by atoms with Gasteiger partial charge in [-0.15, -0.1) is 0 Å². The molecule has 0 radical (unpaired) electrons. The van der Waals surface area contributed by atoms with Crippen molar-refractivity contribution in [3.05, 3.63) is 345 Å². The molecule has 23 rings (SSSR count). The van der Waals surface area contributed by atoms with Crippen molar-refractivity contribution in [3.8, 4) is 107 Å². The monoisotopic (exact) mass is 1340 g/mol. The summed E-state index contributed by atoms with van der Waals surface area (Å²) in [6.45, 7) is -2.85. The molecule has 0 atom stereocenters. The Bertz CT molecular complexity index is 7630. The second-order valence-corrected chi connectivity index (χ2v) is 26.6. The Hall–Kier alpha value is -13.6. The van der Waals surface area contributed by atoms with Gasteiger partial charge in [0.2, 0.25) is 0 Å². The summed E-state index contributed by atoms with van der Waals surface area (Å²) in [6, 6.07) is 67.9. The van der Waals surface area contributed by atoms with E-state index in [1.54, 1.807) is 34.9 Å². The van der Waals surface area contributed by atoms with Crippen molar-refractivity contribution in [1.29, 1.82) is 0 Å². The average Bonchev–Trinajstić information content (AvgIpc) is 1.64. The van der Waals surface area contributed by atoms with E-state index < -0.39 is 109 Å². The third kappa shape index (κ3) is 8.13. The molecule has 5 aliphatic rings. The van der Waals surface area contributed by atoms with Crippen molar-refractivity contribution in [3.63, 3.8) is 0 Å². The lowest BCUT2D eigenvalue weighted by atomic mass is 9.29. The van der Waals surface area contributed by atoms with E-state index in [0.29, 0.717) is 89.4 Å². The van der Waals surface area contributed by atoms with Gasteiger partial charge in [0, 0.05) is 83.3 Å². The molecular formula is C96H57B2N3O3. The lowest BCUT2D eigenvalue weighted by Crippen LogP contribution is -2.66. The zero-order valence-corrected chi connectivity index (χ0v) is 54.8. The summed E-state index contributed by atoms with van der Waals surface area (Å²) in [5, 5.41) is 1.44. The Labute approximate surface area is 624 Å². The van der Waals surface area contributed by atoms with Crippen LogP contribution in [0.5, 0.6) is 23.0 Å². The molecule has 0 N–H and O–H groups in total. The highest BCUT2D eigenvalue weighted by molar-refractivity contribution is 7.04. The van der Waals surface area contributed by atoms with Crippen LogP contribution in [-0.4, -0.2) is 18.0 Å². The van der Waals surface area contributed by atoms with Crippen LogP contribution in [0, 0.1) is 0 Å². The molecule has 0 saturated heterocycles. The van der Waals surface area contributed by atoms with Crippen LogP contribution in [0.3, 0.4) is 0 Å². The highest BCUT2D eigenvalue weighted by Gasteiger charge is 2.53. The smallest absolute Gasteiger partial charge is 0.266 e. The highest BCUT2D eigenvalue weighted by Crippen LogP contribution is 2.57. The molecule has 0 unspecified atom stereocenters. The zero-order chi connectivity index (χ0) is 82.6. The summed E-state index contributed by atoms with van der Waals surface area (Å²) < 4.78 is 198. The van der Waals surface area contributed by atoms with Gasteiger partial charge in [-0.2, -0.15) is 0 Å². The molecule has 0 fully saturated rings. The SMILES string of the molecule is [2H]c1c([2H])c([2H])c(-c2c([2H])c([2H])c3c(c2[2H])N(c2c(-c4ccccc4)cccc2-c2ccccc2)c2cc(-c4cccc5c4oc4ccccc45)cc4c2B3c2c3c5c(c([2H])c2N4c2c(-c4ccccc4)cccc2-c2ccccc2)-n2c4c([2H])c([2H])c([2H])c([2H])c4c4c([2H])c([2H])c6c(c42)B5c2c(c([2H])c(-c4ccccc4)c([2H])c2O6)O3)c([2H])c1[2H]. The molecule has 0 spiro atoms. The maximum atomic E-state index is 12.3. The van der Waals surface area contributed by atoms with E-state index in [9.17, 15) is 21.9 Å². The van der Waals surface area contributed by atoms with Gasteiger partial charge >= 0.3 is 0 Å². The quantitative estimate of drug-likeness (QED) is 0.135. The number of hydrogen-bond donors (Lipinski definition) is 0. The first-order valence-corrected chi connectivity index (χ1v) is 34.5. The van der Waals surface area contributed by atoms with Crippen molar-refractivity contribution >= 4 is 124 Å². The maximum absolute atomic E-state index is 12.3. The van der Waals surface area contributed by atoms with Gasteiger partial charge in [-0.05, 0) is 138 Å². The Morgan fingerprint density at radius 1 is 0.298 bits per heavy atom. The number of hydrogen-bond acceptors (Lipinski definition) is 5. The first-order valence-electron chi connectivity index (χ1n) is 43.0. The topological polar surface area (TPSA) is 43.0 Å². The second-order valence-electron chi connectivity index (χ2n) is 26.6. The number of ether oxygens (including phenoxy) is 2. The number of fused-ring (bicyclic) bond motifs is 12. The zero-order valence-electron chi connectivity index (χ0n) is 71.8. The normalized spacial score (nSPS) is 15.4. The first kappa shape index (κ1) is 43.2. The van der Waals surface area contributed by atoms with E-state index in [1.165, 1.54) is 0 Å². The summed E-state index contributed by atoms with van der Waals surface area (Å²) in [4.78, 5) is 3.97. The van der Waals surface area contributed by atoms with Gasteiger partial charge in [0.15, 0.2) is 0 Å². The van der Waals surface area contributed by atoms with Gasteiger partial charge in [0.05, 0.1) is 45.7 Å². The van der Waals surface area contributed by atoms with Crippen molar-refractivity contribution in [1.82, 2.24) is 4.57 Å². The number of benzene rings is 16. The molecule has 5 aliphatic heterocycles. The maximum Gasteiger partial charge on any atom is 0.266 e. The lowest BCUT2D eigenvalue weighted by Gasteiger charge is -2.48. The van der Waals surface area contributed by atoms with Crippen LogP contribution in [0.1, 0.15) is 23.3 Å². The van der Waals surface area contributed by atoms with Crippen molar-refractivity contribution < 1.29 is 37.2 Å². The molecule has 0 bridgehead atoms. The minimum Gasteiger partial charge on any atom is -0.459 e. The van der Waals surface area contributed by atoms with Crippen LogP contribution in [0.2, 0.25) is 0 Å². The second kappa shape index (κ2) is 22.0. The number of furan rings is 1. The number of anilines is 6. The van der Waals surface area contributed by atoms with Crippen molar-refractivity contribution in [2.75, 3.05) is 9.80 Å². The molecule has 7 heterocycles. The van der Waals surface area contributed by atoms with Gasteiger partial charge in [0.1, 0.15) is 34.2 Å². The Balaban J connectivity index is 0.998. The minimum absolute atomic E-state index is 0.00896. The third-order valence-electron chi connectivity index (χ3n) is 21.2. The summed E-state index contributed by atoms with van der Waals surface area (Å²) in [6.07, 6.45) is 0. The molecule has 480 valence electrons. The van der Waals surface area contributed by atoms with Crippen molar-refractivity contribution in [2.45, 2.75) is 0 Å². The largest absolute Gasteiger partial charge is 0.459 e. The predicted octanol–water partition coefficient (Wildman–Crippen LogP) is 21.5. The van der Waals surface area contributed by atoms with Gasteiger partial charge in [-0.3, -0.25) is 0 Å². The van der Waals surface area contributed by atoms with Crippen LogP contribution in [0.25, 0.3) is 127 Å². The van der Waals surface area contributed by atoms with Crippen LogP contribution in [0.15, 0.2) is 350 Å². The molecule has 8 heteroatoms. The van der Waals surface area contributed by atoms with E-state index in [1.807, 2.05) is 222 Å². The van der Waals surface area contributed by atoms with E-state index in [-0.39, 0.29) is 113 Å². The lowest BCUT2D eigenvalue weighted by molar-refractivity contribution is 0.466. The van der Waals surface area contributed by atoms with E-state index in [2.05, 4.69) is 0 Å². The highest BCUT2D eigenvalue weighted by atomic mass is 16.5. The molecule has 0 aliphatic carbocycles. The van der Waals surface area contributed by atoms with E-state index >= 15 is 0 Å². The van der Waals surface area contributed by atoms with Crippen molar-refractivity contribution in [2.24, 2.45) is 0 Å².